The van der Waals surface area contributed by atoms with Gasteiger partial charge in [0.05, 0.1) is 25.1 Å². The highest BCUT2D eigenvalue weighted by atomic mass is 79.9. The molecule has 1 fully saturated rings. The Morgan fingerprint density at radius 1 is 1.16 bits per heavy atom. The van der Waals surface area contributed by atoms with Gasteiger partial charge in [-0.15, -0.1) is 0 Å². The zero-order chi connectivity index (χ0) is 17.6. The number of rotatable bonds is 5. The minimum atomic E-state index is -0.0458. The summed E-state index contributed by atoms with van der Waals surface area (Å²) < 4.78 is 11.7. The van der Waals surface area contributed by atoms with Crippen molar-refractivity contribution in [3.8, 4) is 11.8 Å². The Labute approximate surface area is 155 Å². The molecule has 132 valence electrons. The standard InChI is InChI=1S/C18H20BrN3O3/c1-24-16-10-20-11-17(22-16)25-13-8-6-12(7-9-13)21-18(23)14-4-2-3-5-15(14)19/h2-5,10-13H,6-9H2,1H3,(H,21,23). The lowest BCUT2D eigenvalue weighted by Crippen LogP contribution is -2.39. The molecular formula is C18H20BrN3O3. The predicted octanol–water partition coefficient (Wildman–Crippen LogP) is 3.37. The molecule has 25 heavy (non-hydrogen) atoms. The van der Waals surface area contributed by atoms with Gasteiger partial charge in [-0.25, -0.2) is 0 Å². The molecule has 0 unspecified atom stereocenters. The van der Waals surface area contributed by atoms with E-state index in [2.05, 4.69) is 31.2 Å². The zero-order valence-corrected chi connectivity index (χ0v) is 15.5. The molecule has 6 nitrogen and oxygen atoms in total. The number of benzene rings is 1. The Kier molecular flexibility index (Phi) is 5.86. The van der Waals surface area contributed by atoms with Crippen LogP contribution in [0.5, 0.6) is 11.8 Å². The predicted molar refractivity (Wildman–Crippen MR) is 96.9 cm³/mol. The van der Waals surface area contributed by atoms with Crippen molar-refractivity contribution in [2.75, 3.05) is 7.11 Å². The Morgan fingerprint density at radius 3 is 2.60 bits per heavy atom. The molecule has 7 heteroatoms. The number of hydrogen-bond acceptors (Lipinski definition) is 5. The summed E-state index contributed by atoms with van der Waals surface area (Å²) in [5.41, 5.74) is 0.660. The van der Waals surface area contributed by atoms with Gasteiger partial charge in [0.1, 0.15) is 6.10 Å². The van der Waals surface area contributed by atoms with Crippen molar-refractivity contribution in [2.45, 2.75) is 37.8 Å². The molecule has 1 amide bonds. The molecule has 1 aliphatic carbocycles. The summed E-state index contributed by atoms with van der Waals surface area (Å²) >= 11 is 3.42. The number of amides is 1. The van der Waals surface area contributed by atoms with E-state index in [-0.39, 0.29) is 18.1 Å². The Bertz CT molecular complexity index is 733. The number of nitrogens with zero attached hydrogens (tertiary/aromatic N) is 2. The van der Waals surface area contributed by atoms with Crippen LogP contribution >= 0.6 is 15.9 Å². The Hall–Kier alpha value is -2.15. The van der Waals surface area contributed by atoms with Gasteiger partial charge in [0.25, 0.3) is 5.91 Å². The second-order valence-corrected chi connectivity index (χ2v) is 6.80. The SMILES string of the molecule is COc1cncc(OC2CCC(NC(=O)c3ccccc3Br)CC2)n1. The van der Waals surface area contributed by atoms with Gasteiger partial charge in [-0.2, -0.15) is 4.98 Å². The van der Waals surface area contributed by atoms with Gasteiger partial charge in [0.15, 0.2) is 0 Å². The zero-order valence-electron chi connectivity index (χ0n) is 13.9. The summed E-state index contributed by atoms with van der Waals surface area (Å²) in [5, 5.41) is 3.11. The van der Waals surface area contributed by atoms with Crippen molar-refractivity contribution >= 4 is 21.8 Å². The van der Waals surface area contributed by atoms with Crippen molar-refractivity contribution in [1.82, 2.24) is 15.3 Å². The highest BCUT2D eigenvalue weighted by molar-refractivity contribution is 9.10. The number of nitrogens with one attached hydrogen (secondary N) is 1. The van der Waals surface area contributed by atoms with Crippen LogP contribution in [0.25, 0.3) is 0 Å². The lowest BCUT2D eigenvalue weighted by Gasteiger charge is -2.29. The maximum absolute atomic E-state index is 12.4. The van der Waals surface area contributed by atoms with Crippen LogP contribution in [-0.4, -0.2) is 35.1 Å². The van der Waals surface area contributed by atoms with Gasteiger partial charge >= 0.3 is 0 Å². The monoisotopic (exact) mass is 405 g/mol. The lowest BCUT2D eigenvalue weighted by molar-refractivity contribution is 0.0888. The van der Waals surface area contributed by atoms with Gasteiger partial charge in [0, 0.05) is 10.5 Å². The topological polar surface area (TPSA) is 73.3 Å². The fourth-order valence-electron chi connectivity index (χ4n) is 2.89. The minimum Gasteiger partial charge on any atom is -0.480 e. The molecule has 1 aromatic heterocycles. The third-order valence-corrected chi connectivity index (χ3v) is 4.91. The summed E-state index contributed by atoms with van der Waals surface area (Å²) in [5.74, 6) is 0.863. The van der Waals surface area contributed by atoms with E-state index < -0.39 is 0 Å². The number of hydrogen-bond donors (Lipinski definition) is 1. The normalized spacial score (nSPS) is 19.9. The molecule has 0 atom stereocenters. The van der Waals surface area contributed by atoms with Crippen LogP contribution in [0.15, 0.2) is 41.1 Å². The first-order valence-corrected chi connectivity index (χ1v) is 9.03. The molecular weight excluding hydrogens is 386 g/mol. The highest BCUT2D eigenvalue weighted by Gasteiger charge is 2.24. The van der Waals surface area contributed by atoms with Gasteiger partial charge in [-0.1, -0.05) is 12.1 Å². The maximum Gasteiger partial charge on any atom is 0.252 e. The molecule has 3 rings (SSSR count). The second kappa shape index (κ2) is 8.29. The van der Waals surface area contributed by atoms with Crippen molar-refractivity contribution in [2.24, 2.45) is 0 Å². The summed E-state index contributed by atoms with van der Waals surface area (Å²) in [6, 6.07) is 7.60. The van der Waals surface area contributed by atoms with Crippen LogP contribution in [0.3, 0.4) is 0 Å². The van der Waals surface area contributed by atoms with Crippen LogP contribution in [0.2, 0.25) is 0 Å². The average Bonchev–Trinajstić information content (AvgIpc) is 2.64. The van der Waals surface area contributed by atoms with Crippen LogP contribution < -0.4 is 14.8 Å². The van der Waals surface area contributed by atoms with Gasteiger partial charge in [-0.3, -0.25) is 9.78 Å². The van der Waals surface area contributed by atoms with E-state index in [4.69, 9.17) is 9.47 Å². The molecule has 1 aromatic carbocycles. The lowest BCUT2D eigenvalue weighted by atomic mass is 9.92. The number of methoxy groups -OCH3 is 1. The van der Waals surface area contributed by atoms with Gasteiger partial charge in [-0.05, 0) is 53.7 Å². The number of halogens is 1. The van der Waals surface area contributed by atoms with Crippen LogP contribution in [0, 0.1) is 0 Å². The third kappa shape index (κ3) is 4.69. The minimum absolute atomic E-state index is 0.0458. The first-order chi connectivity index (χ1) is 12.2. The largest absolute Gasteiger partial charge is 0.480 e. The summed E-state index contributed by atoms with van der Waals surface area (Å²) in [6.45, 7) is 0. The molecule has 0 spiro atoms. The van der Waals surface area contributed by atoms with E-state index in [1.807, 2.05) is 24.3 Å². The van der Waals surface area contributed by atoms with E-state index in [9.17, 15) is 4.79 Å². The fourth-order valence-corrected chi connectivity index (χ4v) is 3.36. The maximum atomic E-state index is 12.4. The smallest absolute Gasteiger partial charge is 0.252 e. The van der Waals surface area contributed by atoms with Crippen molar-refractivity contribution < 1.29 is 14.3 Å². The molecule has 0 radical (unpaired) electrons. The number of carbonyl (C=O) groups excluding carboxylic acids is 1. The molecule has 1 heterocycles. The molecule has 0 aliphatic heterocycles. The van der Waals surface area contributed by atoms with Crippen LogP contribution in [0.4, 0.5) is 0 Å². The Balaban J connectivity index is 1.50. The number of aromatic nitrogens is 2. The van der Waals surface area contributed by atoms with E-state index in [1.165, 1.54) is 0 Å². The van der Waals surface area contributed by atoms with Crippen LogP contribution in [-0.2, 0) is 0 Å². The fraction of sp³-hybridized carbons (Fsp3) is 0.389. The number of carbonyl (C=O) groups is 1. The molecule has 1 aliphatic rings. The second-order valence-electron chi connectivity index (χ2n) is 5.94. The van der Waals surface area contributed by atoms with E-state index in [0.717, 1.165) is 30.2 Å². The van der Waals surface area contributed by atoms with E-state index >= 15 is 0 Å². The third-order valence-electron chi connectivity index (χ3n) is 4.21. The van der Waals surface area contributed by atoms with E-state index in [0.29, 0.717) is 17.3 Å². The Morgan fingerprint density at radius 2 is 1.88 bits per heavy atom. The quantitative estimate of drug-likeness (QED) is 0.825. The summed E-state index contributed by atoms with van der Waals surface area (Å²) in [7, 11) is 1.55. The molecule has 1 saturated carbocycles. The van der Waals surface area contributed by atoms with E-state index in [1.54, 1.807) is 19.5 Å². The van der Waals surface area contributed by atoms with Gasteiger partial charge in [0.2, 0.25) is 11.8 Å². The average molecular weight is 406 g/mol. The first kappa shape index (κ1) is 17.7. The molecule has 0 bridgehead atoms. The molecule has 1 N–H and O–H groups in total. The van der Waals surface area contributed by atoms with Crippen LogP contribution in [0.1, 0.15) is 36.0 Å². The van der Waals surface area contributed by atoms with Crippen molar-refractivity contribution in [3.05, 3.63) is 46.7 Å². The van der Waals surface area contributed by atoms with Crippen molar-refractivity contribution in [1.29, 1.82) is 0 Å². The summed E-state index contributed by atoms with van der Waals surface area (Å²) in [6.07, 6.45) is 6.68. The number of ether oxygens (including phenoxy) is 2. The van der Waals surface area contributed by atoms with Gasteiger partial charge < -0.3 is 14.8 Å². The highest BCUT2D eigenvalue weighted by Crippen LogP contribution is 2.24. The molecule has 0 saturated heterocycles. The molecule has 2 aromatic rings. The first-order valence-electron chi connectivity index (χ1n) is 8.24. The van der Waals surface area contributed by atoms with Crippen molar-refractivity contribution in [3.63, 3.8) is 0 Å². The summed E-state index contributed by atoms with van der Waals surface area (Å²) in [4.78, 5) is 20.6.